The summed E-state index contributed by atoms with van der Waals surface area (Å²) in [6.45, 7) is 4.34. The molecule has 8 nitrogen and oxygen atoms in total. The summed E-state index contributed by atoms with van der Waals surface area (Å²) in [5, 5.41) is 0. The number of nitrogens with zero attached hydrogens (tertiary/aromatic N) is 6. The lowest BCUT2D eigenvalue weighted by molar-refractivity contribution is 0.0731. The highest BCUT2D eigenvalue weighted by Crippen LogP contribution is 2.38. The molecule has 4 rings (SSSR count). The second-order valence-corrected chi connectivity index (χ2v) is 8.17. The quantitative estimate of drug-likeness (QED) is 0.609. The fraction of sp³-hybridized carbons (Fsp3) is 0.375. The number of anilines is 1. The molecule has 3 aromatic rings. The second-order valence-electron chi connectivity index (χ2n) is 8.17. The third-order valence-electron chi connectivity index (χ3n) is 5.75. The predicted molar refractivity (Wildman–Crippen MR) is 123 cm³/mol. The minimum Gasteiger partial charge on any atom is -0.497 e. The number of aryl methyl sites for hydroxylation is 2. The fourth-order valence-electron chi connectivity index (χ4n) is 4.11. The van der Waals surface area contributed by atoms with E-state index < -0.39 is 0 Å². The molecule has 32 heavy (non-hydrogen) atoms. The minimum absolute atomic E-state index is 0.0633. The molecule has 0 spiro atoms. The zero-order valence-electron chi connectivity index (χ0n) is 19.2. The van der Waals surface area contributed by atoms with Crippen LogP contribution in [0.5, 0.6) is 5.75 Å². The van der Waals surface area contributed by atoms with E-state index in [4.69, 9.17) is 9.72 Å². The zero-order chi connectivity index (χ0) is 22.8. The molecule has 2 aromatic heterocycles. The van der Waals surface area contributed by atoms with Crippen molar-refractivity contribution >= 4 is 11.9 Å². The van der Waals surface area contributed by atoms with Gasteiger partial charge in [-0.25, -0.2) is 19.9 Å². The average Bonchev–Trinajstić information content (AvgIpc) is 3.28. The van der Waals surface area contributed by atoms with Crippen LogP contribution in [0.1, 0.15) is 46.5 Å². The summed E-state index contributed by atoms with van der Waals surface area (Å²) >= 11 is 0. The number of benzene rings is 1. The molecule has 1 aliphatic rings. The maximum Gasteiger partial charge on any atom is 0.257 e. The van der Waals surface area contributed by atoms with Gasteiger partial charge in [-0.3, -0.25) is 4.79 Å². The normalized spacial score (nSPS) is 15.7. The van der Waals surface area contributed by atoms with Crippen LogP contribution in [0, 0.1) is 13.8 Å². The van der Waals surface area contributed by atoms with Crippen molar-refractivity contribution in [3.63, 3.8) is 0 Å². The Morgan fingerprint density at radius 3 is 2.69 bits per heavy atom. The molecular weight excluding hydrogens is 404 g/mol. The van der Waals surface area contributed by atoms with E-state index in [1.807, 2.05) is 68.2 Å². The van der Waals surface area contributed by atoms with Crippen molar-refractivity contribution in [3.05, 3.63) is 59.4 Å². The van der Waals surface area contributed by atoms with Crippen LogP contribution in [0.4, 0.5) is 5.95 Å². The lowest BCUT2D eigenvalue weighted by Crippen LogP contribution is -2.32. The van der Waals surface area contributed by atoms with Gasteiger partial charge in [0.05, 0.1) is 30.1 Å². The van der Waals surface area contributed by atoms with Crippen molar-refractivity contribution in [1.29, 1.82) is 0 Å². The Balaban J connectivity index is 1.79. The highest BCUT2D eigenvalue weighted by Gasteiger charge is 2.34. The number of carbonyl (C=O) groups is 1. The predicted octanol–water partition coefficient (Wildman–Crippen LogP) is 3.60. The summed E-state index contributed by atoms with van der Waals surface area (Å²) in [6.07, 6.45) is 5.20. The molecule has 0 bridgehead atoms. The van der Waals surface area contributed by atoms with Crippen LogP contribution in [0.25, 0.3) is 11.1 Å². The maximum atomic E-state index is 13.5. The summed E-state index contributed by atoms with van der Waals surface area (Å²) in [7, 11) is 5.47. The van der Waals surface area contributed by atoms with Gasteiger partial charge in [0.25, 0.3) is 5.91 Å². The standard InChI is InChI=1S/C24H28N6O2/c1-15-19(13-25-16(2)27-15)23(31)30-11-7-10-21(30)22-20(14-26-24(28-22)29(3)4)17-8-6-9-18(12-17)32-5/h6,8-9,12-14,21H,7,10-11H2,1-5H3/t21-/m0/s1. The summed E-state index contributed by atoms with van der Waals surface area (Å²) in [5.74, 6) is 1.97. The number of hydrogen-bond acceptors (Lipinski definition) is 7. The molecule has 1 aromatic carbocycles. The van der Waals surface area contributed by atoms with Crippen LogP contribution >= 0.6 is 0 Å². The van der Waals surface area contributed by atoms with Gasteiger partial charge in [0.15, 0.2) is 0 Å². The first-order valence-corrected chi connectivity index (χ1v) is 10.7. The number of ether oxygens (including phenoxy) is 1. The second kappa shape index (κ2) is 8.90. The van der Waals surface area contributed by atoms with E-state index in [-0.39, 0.29) is 11.9 Å². The Morgan fingerprint density at radius 2 is 1.97 bits per heavy atom. The molecule has 0 aliphatic carbocycles. The summed E-state index contributed by atoms with van der Waals surface area (Å²) in [4.78, 5) is 35.3. The molecule has 0 saturated carbocycles. The van der Waals surface area contributed by atoms with E-state index in [0.717, 1.165) is 35.4 Å². The maximum absolute atomic E-state index is 13.5. The number of hydrogen-bond donors (Lipinski definition) is 0. The van der Waals surface area contributed by atoms with Crippen molar-refractivity contribution in [1.82, 2.24) is 24.8 Å². The Kier molecular flexibility index (Phi) is 6.03. The number of rotatable bonds is 5. The largest absolute Gasteiger partial charge is 0.497 e. The SMILES string of the molecule is COc1cccc(-c2cnc(N(C)C)nc2[C@@H]2CCCN2C(=O)c2cnc(C)nc2C)c1. The van der Waals surface area contributed by atoms with Crippen LogP contribution in [0.15, 0.2) is 36.7 Å². The molecule has 8 heteroatoms. The summed E-state index contributed by atoms with van der Waals surface area (Å²) < 4.78 is 5.42. The van der Waals surface area contributed by atoms with E-state index in [0.29, 0.717) is 29.6 Å². The number of carbonyl (C=O) groups excluding carboxylic acids is 1. The van der Waals surface area contributed by atoms with Crippen LogP contribution in [0.3, 0.4) is 0 Å². The van der Waals surface area contributed by atoms with Gasteiger partial charge in [-0.15, -0.1) is 0 Å². The van der Waals surface area contributed by atoms with Gasteiger partial charge in [0, 0.05) is 38.6 Å². The molecule has 166 valence electrons. The number of amides is 1. The van der Waals surface area contributed by atoms with E-state index in [2.05, 4.69) is 15.0 Å². The van der Waals surface area contributed by atoms with Crippen molar-refractivity contribution < 1.29 is 9.53 Å². The van der Waals surface area contributed by atoms with Crippen molar-refractivity contribution in [2.45, 2.75) is 32.7 Å². The van der Waals surface area contributed by atoms with E-state index in [1.165, 1.54) is 0 Å². The lowest BCUT2D eigenvalue weighted by Gasteiger charge is -2.27. The van der Waals surface area contributed by atoms with E-state index in [1.54, 1.807) is 13.3 Å². The fourth-order valence-corrected chi connectivity index (χ4v) is 4.11. The lowest BCUT2D eigenvalue weighted by atomic mass is 9.99. The zero-order valence-corrected chi connectivity index (χ0v) is 19.2. The molecular formula is C24H28N6O2. The molecule has 1 atom stereocenters. The number of methoxy groups -OCH3 is 1. The van der Waals surface area contributed by atoms with Gasteiger partial charge >= 0.3 is 0 Å². The Bertz CT molecular complexity index is 1150. The van der Waals surface area contributed by atoms with Gasteiger partial charge in [-0.1, -0.05) is 12.1 Å². The first-order chi connectivity index (χ1) is 15.4. The first-order valence-electron chi connectivity index (χ1n) is 10.7. The third kappa shape index (κ3) is 4.12. The summed E-state index contributed by atoms with van der Waals surface area (Å²) in [5.41, 5.74) is 3.92. The van der Waals surface area contributed by atoms with E-state index in [9.17, 15) is 4.79 Å². The van der Waals surface area contributed by atoms with Crippen LogP contribution in [0.2, 0.25) is 0 Å². The number of aromatic nitrogens is 4. The molecule has 1 fully saturated rings. The minimum atomic E-state index is -0.161. The van der Waals surface area contributed by atoms with Gasteiger partial charge in [0.2, 0.25) is 5.95 Å². The third-order valence-corrected chi connectivity index (χ3v) is 5.75. The molecule has 1 aliphatic heterocycles. The van der Waals surface area contributed by atoms with Gasteiger partial charge < -0.3 is 14.5 Å². The summed E-state index contributed by atoms with van der Waals surface area (Å²) in [6, 6.07) is 7.67. The van der Waals surface area contributed by atoms with Crippen molar-refractivity contribution in [2.24, 2.45) is 0 Å². The molecule has 0 unspecified atom stereocenters. The smallest absolute Gasteiger partial charge is 0.257 e. The van der Waals surface area contributed by atoms with Gasteiger partial charge in [-0.05, 0) is 44.4 Å². The van der Waals surface area contributed by atoms with Gasteiger partial charge in [0.1, 0.15) is 11.6 Å². The van der Waals surface area contributed by atoms with Crippen molar-refractivity contribution in [3.8, 4) is 16.9 Å². The van der Waals surface area contributed by atoms with Crippen molar-refractivity contribution in [2.75, 3.05) is 32.6 Å². The van der Waals surface area contributed by atoms with Gasteiger partial charge in [-0.2, -0.15) is 0 Å². The van der Waals surface area contributed by atoms with Crippen LogP contribution < -0.4 is 9.64 Å². The Morgan fingerprint density at radius 1 is 1.16 bits per heavy atom. The van der Waals surface area contributed by atoms with E-state index >= 15 is 0 Å². The molecule has 1 saturated heterocycles. The number of likely N-dealkylation sites (tertiary alicyclic amines) is 1. The molecule has 0 N–H and O–H groups in total. The monoisotopic (exact) mass is 432 g/mol. The molecule has 1 amide bonds. The first kappa shape index (κ1) is 21.7. The highest BCUT2D eigenvalue weighted by molar-refractivity contribution is 5.95. The molecule has 3 heterocycles. The van der Waals surface area contributed by atoms with Crippen LogP contribution in [-0.2, 0) is 0 Å². The topological polar surface area (TPSA) is 84.3 Å². The average molecular weight is 433 g/mol. The molecule has 0 radical (unpaired) electrons. The Labute approximate surface area is 188 Å². The Hall–Kier alpha value is -3.55. The highest BCUT2D eigenvalue weighted by atomic mass is 16.5. The van der Waals surface area contributed by atoms with Crippen LogP contribution in [-0.4, -0.2) is 58.5 Å².